The molecular weight excluding hydrogens is 549 g/mol. The number of carbonyl (C=O) groups is 2. The van der Waals surface area contributed by atoms with Crippen LogP contribution in [0.3, 0.4) is 0 Å². The Hall–Kier alpha value is -2.49. The first-order valence-electron chi connectivity index (χ1n) is 12.6. The smallest absolute Gasteiger partial charge is 0.242 e. The number of ether oxygens (including phenoxy) is 1. The summed E-state index contributed by atoms with van der Waals surface area (Å²) in [5, 5.41) is 3.94. The molecule has 8 nitrogen and oxygen atoms in total. The van der Waals surface area contributed by atoms with Crippen LogP contribution < -0.4 is 14.4 Å². The summed E-state index contributed by atoms with van der Waals surface area (Å²) in [5.41, 5.74) is 1.12. The standard InChI is InChI=1S/C27H35Cl2N3O5S/c1-19(27(34)30-22-8-4-5-9-22)31(18-20-13-14-21(28)16-25(20)29)26(33)12-7-15-32(38(3,35)36)23-10-6-11-24(17-23)37-2/h6,10-11,13-14,16-17,19,22H,4-5,7-9,12,15,18H2,1-3H3,(H,30,34). The lowest BCUT2D eigenvalue weighted by molar-refractivity contribution is -0.140. The van der Waals surface area contributed by atoms with E-state index in [1.54, 1.807) is 49.4 Å². The molecule has 1 fully saturated rings. The number of sulfonamides is 1. The zero-order valence-corrected chi connectivity index (χ0v) is 24.3. The van der Waals surface area contributed by atoms with E-state index in [4.69, 9.17) is 27.9 Å². The Labute approximate surface area is 235 Å². The largest absolute Gasteiger partial charge is 0.497 e. The van der Waals surface area contributed by atoms with Crippen molar-refractivity contribution in [3.8, 4) is 5.75 Å². The summed E-state index contributed by atoms with van der Waals surface area (Å²) in [6, 6.07) is 11.1. The molecular formula is C27H35Cl2N3O5S. The summed E-state index contributed by atoms with van der Waals surface area (Å²) in [4.78, 5) is 28.0. The second-order valence-corrected chi connectivity index (χ2v) is 12.3. The SMILES string of the molecule is COc1cccc(N(CCCC(=O)N(Cc2ccc(Cl)cc2Cl)C(C)C(=O)NC2CCCC2)S(C)(=O)=O)c1. The molecule has 1 N–H and O–H groups in total. The van der Waals surface area contributed by atoms with Crippen molar-refractivity contribution in [2.45, 2.75) is 64.1 Å². The van der Waals surface area contributed by atoms with Gasteiger partial charge in [0.2, 0.25) is 21.8 Å². The summed E-state index contributed by atoms with van der Waals surface area (Å²) in [5.74, 6) is 0.0361. The number of hydrogen-bond acceptors (Lipinski definition) is 5. The second kappa shape index (κ2) is 13.5. The molecule has 0 heterocycles. The molecule has 0 saturated heterocycles. The number of hydrogen-bond donors (Lipinski definition) is 1. The van der Waals surface area contributed by atoms with Gasteiger partial charge in [-0.15, -0.1) is 0 Å². The zero-order chi connectivity index (χ0) is 27.9. The predicted octanol–water partition coefficient (Wildman–Crippen LogP) is 5.02. The van der Waals surface area contributed by atoms with Crippen LogP contribution in [0.5, 0.6) is 5.75 Å². The third-order valence-electron chi connectivity index (χ3n) is 6.72. The Kier molecular flexibility index (Phi) is 10.7. The van der Waals surface area contributed by atoms with E-state index >= 15 is 0 Å². The van der Waals surface area contributed by atoms with Gasteiger partial charge in [0.15, 0.2) is 0 Å². The van der Waals surface area contributed by atoms with E-state index in [1.165, 1.54) is 16.3 Å². The highest BCUT2D eigenvalue weighted by Gasteiger charge is 2.29. The third-order valence-corrected chi connectivity index (χ3v) is 8.50. The number of carbonyl (C=O) groups excluding carboxylic acids is 2. The van der Waals surface area contributed by atoms with Gasteiger partial charge in [0, 0.05) is 41.7 Å². The summed E-state index contributed by atoms with van der Waals surface area (Å²) >= 11 is 12.4. The molecule has 0 spiro atoms. The third kappa shape index (κ3) is 8.25. The molecule has 0 aliphatic heterocycles. The average Bonchev–Trinajstić information content (AvgIpc) is 3.38. The van der Waals surface area contributed by atoms with Crippen molar-refractivity contribution in [3.05, 3.63) is 58.1 Å². The van der Waals surface area contributed by atoms with Crippen LogP contribution in [-0.4, -0.2) is 57.1 Å². The van der Waals surface area contributed by atoms with Gasteiger partial charge in [0.1, 0.15) is 11.8 Å². The minimum Gasteiger partial charge on any atom is -0.497 e. The first-order valence-corrected chi connectivity index (χ1v) is 15.3. The molecule has 1 saturated carbocycles. The minimum absolute atomic E-state index is 0.0439. The average molecular weight is 585 g/mol. The molecule has 1 unspecified atom stereocenters. The molecule has 0 bridgehead atoms. The van der Waals surface area contributed by atoms with E-state index < -0.39 is 16.1 Å². The molecule has 208 valence electrons. The van der Waals surface area contributed by atoms with Crippen LogP contribution >= 0.6 is 23.2 Å². The summed E-state index contributed by atoms with van der Waals surface area (Å²) in [7, 11) is -2.10. The number of benzene rings is 2. The van der Waals surface area contributed by atoms with Crippen molar-refractivity contribution in [3.63, 3.8) is 0 Å². The number of methoxy groups -OCH3 is 1. The van der Waals surface area contributed by atoms with Crippen LogP contribution in [0.25, 0.3) is 0 Å². The molecule has 38 heavy (non-hydrogen) atoms. The maximum absolute atomic E-state index is 13.5. The molecule has 2 aromatic rings. The fourth-order valence-corrected chi connectivity index (χ4v) is 6.00. The summed E-state index contributed by atoms with van der Waals surface area (Å²) in [6.45, 7) is 1.92. The van der Waals surface area contributed by atoms with Crippen molar-refractivity contribution in [2.24, 2.45) is 0 Å². The number of amides is 2. The minimum atomic E-state index is -3.60. The summed E-state index contributed by atoms with van der Waals surface area (Å²) < 4.78 is 31.5. The summed E-state index contributed by atoms with van der Waals surface area (Å²) in [6.07, 6.45) is 5.44. The van der Waals surface area contributed by atoms with E-state index in [1.807, 2.05) is 0 Å². The Balaban J connectivity index is 1.75. The molecule has 0 radical (unpaired) electrons. The first kappa shape index (κ1) is 30.1. The monoisotopic (exact) mass is 583 g/mol. The Morgan fingerprint density at radius 2 is 1.84 bits per heavy atom. The van der Waals surface area contributed by atoms with Gasteiger partial charge in [-0.1, -0.05) is 48.2 Å². The molecule has 3 rings (SSSR count). The van der Waals surface area contributed by atoms with Crippen LogP contribution in [0.2, 0.25) is 10.0 Å². The van der Waals surface area contributed by atoms with Crippen LogP contribution in [0, 0.1) is 0 Å². The van der Waals surface area contributed by atoms with Crippen molar-refractivity contribution in [1.29, 1.82) is 0 Å². The number of anilines is 1. The van der Waals surface area contributed by atoms with Crippen LogP contribution in [-0.2, 0) is 26.2 Å². The fourth-order valence-electron chi connectivity index (χ4n) is 4.58. The Bertz CT molecular complexity index is 1230. The maximum Gasteiger partial charge on any atom is 0.242 e. The predicted molar refractivity (Wildman–Crippen MR) is 151 cm³/mol. The second-order valence-electron chi connectivity index (χ2n) is 9.56. The van der Waals surface area contributed by atoms with Gasteiger partial charge in [0.05, 0.1) is 19.1 Å². The van der Waals surface area contributed by atoms with Gasteiger partial charge in [0.25, 0.3) is 0 Å². The van der Waals surface area contributed by atoms with Crippen molar-refractivity contribution < 1.29 is 22.7 Å². The normalized spacial score (nSPS) is 14.7. The maximum atomic E-state index is 13.5. The van der Waals surface area contributed by atoms with E-state index in [0.717, 1.165) is 31.9 Å². The lowest BCUT2D eigenvalue weighted by Gasteiger charge is -2.30. The number of nitrogens with one attached hydrogen (secondary N) is 1. The lowest BCUT2D eigenvalue weighted by atomic mass is 10.1. The quantitative estimate of drug-likeness (QED) is 0.378. The van der Waals surface area contributed by atoms with Gasteiger partial charge in [-0.25, -0.2) is 8.42 Å². The fraction of sp³-hybridized carbons (Fsp3) is 0.481. The molecule has 2 amide bonds. The highest BCUT2D eigenvalue weighted by molar-refractivity contribution is 7.92. The van der Waals surface area contributed by atoms with Gasteiger partial charge >= 0.3 is 0 Å². The van der Waals surface area contributed by atoms with E-state index in [9.17, 15) is 18.0 Å². The van der Waals surface area contributed by atoms with Gasteiger partial charge in [-0.05, 0) is 56.0 Å². The van der Waals surface area contributed by atoms with Gasteiger partial charge in [-0.3, -0.25) is 13.9 Å². The number of halogens is 2. The number of nitrogens with zero attached hydrogens (tertiary/aromatic N) is 2. The first-order chi connectivity index (χ1) is 18.0. The molecule has 1 aliphatic carbocycles. The highest BCUT2D eigenvalue weighted by atomic mass is 35.5. The molecule has 1 aliphatic rings. The van der Waals surface area contributed by atoms with E-state index in [-0.39, 0.29) is 43.8 Å². The van der Waals surface area contributed by atoms with Crippen LogP contribution in [0.15, 0.2) is 42.5 Å². The molecule has 2 aromatic carbocycles. The van der Waals surface area contributed by atoms with E-state index in [2.05, 4.69) is 5.32 Å². The van der Waals surface area contributed by atoms with Crippen molar-refractivity contribution in [2.75, 3.05) is 24.2 Å². The van der Waals surface area contributed by atoms with E-state index in [0.29, 0.717) is 27.0 Å². The van der Waals surface area contributed by atoms with Crippen LogP contribution in [0.4, 0.5) is 5.69 Å². The van der Waals surface area contributed by atoms with Gasteiger partial charge < -0.3 is 15.0 Å². The van der Waals surface area contributed by atoms with Crippen molar-refractivity contribution >= 4 is 50.7 Å². The Morgan fingerprint density at radius 3 is 2.47 bits per heavy atom. The molecule has 1 atom stereocenters. The topological polar surface area (TPSA) is 96.0 Å². The number of rotatable bonds is 12. The molecule has 0 aromatic heterocycles. The lowest BCUT2D eigenvalue weighted by Crippen LogP contribution is -2.49. The zero-order valence-electron chi connectivity index (χ0n) is 22.0. The van der Waals surface area contributed by atoms with Crippen molar-refractivity contribution in [1.82, 2.24) is 10.2 Å². The highest BCUT2D eigenvalue weighted by Crippen LogP contribution is 2.26. The Morgan fingerprint density at radius 1 is 1.13 bits per heavy atom. The van der Waals surface area contributed by atoms with Crippen LogP contribution in [0.1, 0.15) is 51.0 Å². The molecule has 11 heteroatoms. The van der Waals surface area contributed by atoms with Gasteiger partial charge in [-0.2, -0.15) is 0 Å².